The van der Waals surface area contributed by atoms with E-state index in [1.807, 2.05) is 27.8 Å². The number of aromatic nitrogens is 2. The van der Waals surface area contributed by atoms with Crippen molar-refractivity contribution in [2.24, 2.45) is 7.05 Å². The fourth-order valence-corrected chi connectivity index (χ4v) is 4.61. The average Bonchev–Trinajstić information content (AvgIpc) is 3.21. The summed E-state index contributed by atoms with van der Waals surface area (Å²) in [7, 11) is -1.78. The molecule has 8 heteroatoms. The third-order valence-electron chi connectivity index (χ3n) is 5.09. The molecule has 1 fully saturated rings. The van der Waals surface area contributed by atoms with E-state index >= 15 is 0 Å². The van der Waals surface area contributed by atoms with Crippen LogP contribution in [0.5, 0.6) is 0 Å². The molecule has 1 aliphatic rings. The van der Waals surface area contributed by atoms with Crippen LogP contribution in [-0.2, 0) is 21.8 Å². The number of benzene rings is 1. The lowest BCUT2D eigenvalue weighted by molar-refractivity contribution is 0.114. The first-order valence-electron chi connectivity index (χ1n) is 9.22. The number of nitrogens with one attached hydrogen (secondary N) is 1. The quantitative estimate of drug-likeness (QED) is 0.814. The van der Waals surface area contributed by atoms with Gasteiger partial charge in [0.05, 0.1) is 16.7 Å². The van der Waals surface area contributed by atoms with Gasteiger partial charge in [-0.25, -0.2) is 17.8 Å². The molecule has 1 aromatic carbocycles. The Bertz CT molecular complexity index is 966. The van der Waals surface area contributed by atoms with E-state index in [0.717, 1.165) is 24.1 Å². The molecular formula is C19H27N3O4S. The van der Waals surface area contributed by atoms with Crippen LogP contribution < -0.4 is 10.3 Å². The van der Waals surface area contributed by atoms with E-state index in [0.29, 0.717) is 12.3 Å². The largest absolute Gasteiger partial charge is 0.377 e. The second-order valence-corrected chi connectivity index (χ2v) is 9.04. The van der Waals surface area contributed by atoms with Gasteiger partial charge in [-0.3, -0.25) is 9.48 Å². The summed E-state index contributed by atoms with van der Waals surface area (Å²) in [5.41, 5.74) is 2.24. The third kappa shape index (κ3) is 3.88. The minimum absolute atomic E-state index is 0.0570. The van der Waals surface area contributed by atoms with Crippen LogP contribution in [0.4, 0.5) is 0 Å². The minimum Gasteiger partial charge on any atom is -0.377 e. The van der Waals surface area contributed by atoms with E-state index in [4.69, 9.17) is 4.74 Å². The van der Waals surface area contributed by atoms with Crippen molar-refractivity contribution in [2.45, 2.75) is 50.5 Å². The van der Waals surface area contributed by atoms with E-state index in [1.54, 1.807) is 21.5 Å². The van der Waals surface area contributed by atoms with Gasteiger partial charge < -0.3 is 4.74 Å². The molecule has 1 atom stereocenters. The standard InChI is InChI=1S/C19H27N3O4S/c1-13(2)18-14(3)21(4)22(19(18)23)15-7-9-17(10-8-15)27(24,25)20-12-16-6-5-11-26-16/h7-10,13,16,20H,5-6,11-12H2,1-4H3. The topological polar surface area (TPSA) is 82.3 Å². The van der Waals surface area contributed by atoms with Gasteiger partial charge in [-0.15, -0.1) is 0 Å². The van der Waals surface area contributed by atoms with Gasteiger partial charge in [-0.05, 0) is 49.9 Å². The number of sulfonamides is 1. The summed E-state index contributed by atoms with van der Waals surface area (Å²) < 4.78 is 36.4. The molecule has 0 spiro atoms. The van der Waals surface area contributed by atoms with Crippen LogP contribution in [0.1, 0.15) is 43.9 Å². The number of rotatable bonds is 6. The molecule has 0 saturated carbocycles. The fraction of sp³-hybridized carbons (Fsp3) is 0.526. The average molecular weight is 394 g/mol. The lowest BCUT2D eigenvalue weighted by atomic mass is 10.0. The van der Waals surface area contributed by atoms with Gasteiger partial charge in [0, 0.05) is 31.5 Å². The van der Waals surface area contributed by atoms with Crippen molar-refractivity contribution < 1.29 is 13.2 Å². The molecule has 1 N–H and O–H groups in total. The highest BCUT2D eigenvalue weighted by atomic mass is 32.2. The number of hydrogen-bond donors (Lipinski definition) is 1. The number of ether oxygens (including phenoxy) is 1. The Hall–Kier alpha value is -1.90. The zero-order valence-corrected chi connectivity index (χ0v) is 17.0. The summed E-state index contributed by atoms with van der Waals surface area (Å²) >= 11 is 0. The maximum absolute atomic E-state index is 12.8. The highest BCUT2D eigenvalue weighted by Crippen LogP contribution is 2.19. The fourth-order valence-electron chi connectivity index (χ4n) is 3.54. The second-order valence-electron chi connectivity index (χ2n) is 7.28. The number of hydrogen-bond acceptors (Lipinski definition) is 4. The molecule has 0 bridgehead atoms. The van der Waals surface area contributed by atoms with E-state index in [1.165, 1.54) is 12.1 Å². The van der Waals surface area contributed by atoms with Crippen molar-refractivity contribution in [2.75, 3.05) is 13.2 Å². The highest BCUT2D eigenvalue weighted by molar-refractivity contribution is 7.89. The molecule has 2 aromatic rings. The SMILES string of the molecule is Cc1c(C(C)C)c(=O)n(-c2ccc(S(=O)(=O)NCC3CCCO3)cc2)n1C. The summed E-state index contributed by atoms with van der Waals surface area (Å²) in [4.78, 5) is 13.0. The lowest BCUT2D eigenvalue weighted by Gasteiger charge is -2.12. The Kier molecular flexibility index (Phi) is 5.60. The number of nitrogens with zero attached hydrogens (tertiary/aromatic N) is 2. The van der Waals surface area contributed by atoms with E-state index < -0.39 is 10.0 Å². The Labute approximate surface area is 160 Å². The van der Waals surface area contributed by atoms with Crippen LogP contribution in [0.25, 0.3) is 5.69 Å². The Morgan fingerprint density at radius 1 is 1.26 bits per heavy atom. The summed E-state index contributed by atoms with van der Waals surface area (Å²) in [6.45, 7) is 6.86. The van der Waals surface area contributed by atoms with E-state index in [-0.39, 0.29) is 29.0 Å². The van der Waals surface area contributed by atoms with Crippen LogP contribution in [0.15, 0.2) is 34.0 Å². The van der Waals surface area contributed by atoms with Gasteiger partial charge in [0.25, 0.3) is 5.56 Å². The molecule has 7 nitrogen and oxygen atoms in total. The van der Waals surface area contributed by atoms with Crippen LogP contribution in [0.2, 0.25) is 0 Å². The van der Waals surface area contributed by atoms with Crippen molar-refractivity contribution in [3.05, 3.63) is 45.9 Å². The zero-order chi connectivity index (χ0) is 19.8. The molecule has 1 aromatic heterocycles. The van der Waals surface area contributed by atoms with Gasteiger partial charge in [-0.1, -0.05) is 13.8 Å². The Balaban J connectivity index is 1.85. The van der Waals surface area contributed by atoms with Crippen LogP contribution in [0.3, 0.4) is 0 Å². The van der Waals surface area contributed by atoms with Crippen molar-refractivity contribution in [1.82, 2.24) is 14.1 Å². The van der Waals surface area contributed by atoms with Gasteiger partial charge in [0.1, 0.15) is 0 Å². The summed E-state index contributed by atoms with van der Waals surface area (Å²) in [5, 5.41) is 0. The Morgan fingerprint density at radius 2 is 1.93 bits per heavy atom. The molecule has 1 saturated heterocycles. The Morgan fingerprint density at radius 3 is 2.44 bits per heavy atom. The van der Waals surface area contributed by atoms with E-state index in [2.05, 4.69) is 4.72 Å². The van der Waals surface area contributed by atoms with Crippen LogP contribution in [-0.4, -0.2) is 37.0 Å². The summed E-state index contributed by atoms with van der Waals surface area (Å²) in [6, 6.07) is 6.37. The maximum Gasteiger partial charge on any atom is 0.275 e. The van der Waals surface area contributed by atoms with Gasteiger partial charge >= 0.3 is 0 Å². The van der Waals surface area contributed by atoms with Crippen LogP contribution >= 0.6 is 0 Å². The smallest absolute Gasteiger partial charge is 0.275 e. The normalized spacial score (nSPS) is 17.7. The molecule has 0 radical (unpaired) electrons. The second kappa shape index (κ2) is 7.61. The first-order chi connectivity index (χ1) is 12.7. The molecule has 148 valence electrons. The summed E-state index contributed by atoms with van der Waals surface area (Å²) in [5.74, 6) is 0.117. The molecule has 0 amide bonds. The first kappa shape index (κ1) is 19.9. The zero-order valence-electron chi connectivity index (χ0n) is 16.2. The predicted molar refractivity (Wildman–Crippen MR) is 104 cm³/mol. The lowest BCUT2D eigenvalue weighted by Crippen LogP contribution is -2.31. The predicted octanol–water partition coefficient (Wildman–Crippen LogP) is 2.07. The van der Waals surface area contributed by atoms with Gasteiger partial charge in [0.2, 0.25) is 10.0 Å². The van der Waals surface area contributed by atoms with Crippen molar-refractivity contribution in [3.63, 3.8) is 0 Å². The molecule has 1 aliphatic heterocycles. The van der Waals surface area contributed by atoms with Gasteiger partial charge in [-0.2, -0.15) is 0 Å². The first-order valence-corrected chi connectivity index (χ1v) is 10.7. The minimum atomic E-state index is -3.61. The van der Waals surface area contributed by atoms with E-state index in [9.17, 15) is 13.2 Å². The van der Waals surface area contributed by atoms with Crippen LogP contribution in [0, 0.1) is 6.92 Å². The maximum atomic E-state index is 12.8. The molecular weight excluding hydrogens is 366 g/mol. The molecule has 3 rings (SSSR count). The van der Waals surface area contributed by atoms with Crippen molar-refractivity contribution in [1.29, 1.82) is 0 Å². The molecule has 2 heterocycles. The van der Waals surface area contributed by atoms with Gasteiger partial charge in [0.15, 0.2) is 0 Å². The monoisotopic (exact) mass is 393 g/mol. The van der Waals surface area contributed by atoms with Crippen molar-refractivity contribution in [3.8, 4) is 5.69 Å². The third-order valence-corrected chi connectivity index (χ3v) is 6.53. The molecule has 1 unspecified atom stereocenters. The molecule has 27 heavy (non-hydrogen) atoms. The molecule has 0 aliphatic carbocycles. The summed E-state index contributed by atoms with van der Waals surface area (Å²) in [6.07, 6.45) is 1.78. The highest BCUT2D eigenvalue weighted by Gasteiger charge is 2.21. The van der Waals surface area contributed by atoms with Crippen molar-refractivity contribution >= 4 is 10.0 Å².